The van der Waals surface area contributed by atoms with E-state index < -0.39 is 5.97 Å². The summed E-state index contributed by atoms with van der Waals surface area (Å²) in [5.41, 5.74) is 5.61. The van der Waals surface area contributed by atoms with Crippen LogP contribution in [0.3, 0.4) is 0 Å². The molecule has 3 rings (SSSR count). The SMILES string of the molecule is CCOC(=O)c1cnc2c(c(C)nn2C)c1NCc1c(C)n[nH]c1C. The number of rotatable bonds is 5. The van der Waals surface area contributed by atoms with E-state index in [1.54, 1.807) is 17.8 Å². The third-order valence-corrected chi connectivity index (χ3v) is 4.25. The number of aromatic nitrogens is 5. The number of ether oxygens (including phenoxy) is 1. The number of esters is 1. The van der Waals surface area contributed by atoms with Crippen LogP contribution < -0.4 is 5.32 Å². The molecule has 0 aliphatic carbocycles. The molecular weight excluding hydrogens is 320 g/mol. The summed E-state index contributed by atoms with van der Waals surface area (Å²) in [6.45, 7) is 8.45. The molecule has 3 aromatic heterocycles. The van der Waals surface area contributed by atoms with Gasteiger partial charge < -0.3 is 10.1 Å². The highest BCUT2D eigenvalue weighted by molar-refractivity contribution is 6.05. The van der Waals surface area contributed by atoms with Crippen molar-refractivity contribution in [2.75, 3.05) is 11.9 Å². The lowest BCUT2D eigenvalue weighted by molar-refractivity contribution is 0.0527. The van der Waals surface area contributed by atoms with E-state index in [4.69, 9.17) is 4.74 Å². The molecule has 132 valence electrons. The van der Waals surface area contributed by atoms with Crippen molar-refractivity contribution in [2.45, 2.75) is 34.2 Å². The maximum atomic E-state index is 12.4. The molecule has 0 unspecified atom stereocenters. The molecule has 0 amide bonds. The largest absolute Gasteiger partial charge is 0.462 e. The van der Waals surface area contributed by atoms with Crippen LogP contribution in [0.2, 0.25) is 0 Å². The highest BCUT2D eigenvalue weighted by Crippen LogP contribution is 2.30. The topological polar surface area (TPSA) is 97.7 Å². The number of aromatic amines is 1. The quantitative estimate of drug-likeness (QED) is 0.691. The molecule has 0 fully saturated rings. The molecule has 0 radical (unpaired) electrons. The molecule has 25 heavy (non-hydrogen) atoms. The monoisotopic (exact) mass is 342 g/mol. The van der Waals surface area contributed by atoms with Gasteiger partial charge in [0.05, 0.1) is 29.1 Å². The van der Waals surface area contributed by atoms with Gasteiger partial charge in [-0.05, 0) is 27.7 Å². The van der Waals surface area contributed by atoms with Gasteiger partial charge in [0.15, 0.2) is 5.65 Å². The lowest BCUT2D eigenvalue weighted by Crippen LogP contribution is -2.12. The van der Waals surface area contributed by atoms with E-state index in [0.717, 1.165) is 28.0 Å². The third-order valence-electron chi connectivity index (χ3n) is 4.25. The Morgan fingerprint density at radius 3 is 2.72 bits per heavy atom. The second kappa shape index (κ2) is 6.54. The lowest BCUT2D eigenvalue weighted by atomic mass is 10.1. The van der Waals surface area contributed by atoms with Crippen LogP contribution in [0.4, 0.5) is 5.69 Å². The number of aryl methyl sites for hydroxylation is 4. The van der Waals surface area contributed by atoms with Crippen LogP contribution in [0.5, 0.6) is 0 Å². The zero-order valence-electron chi connectivity index (χ0n) is 15.1. The number of carbonyl (C=O) groups is 1. The van der Waals surface area contributed by atoms with Crippen molar-refractivity contribution >= 4 is 22.7 Å². The first-order valence-electron chi connectivity index (χ1n) is 8.17. The molecule has 0 aromatic carbocycles. The Kier molecular flexibility index (Phi) is 4.43. The smallest absolute Gasteiger partial charge is 0.341 e. The number of pyridine rings is 1. The minimum absolute atomic E-state index is 0.308. The molecule has 3 aromatic rings. The van der Waals surface area contributed by atoms with Gasteiger partial charge in [-0.25, -0.2) is 9.78 Å². The van der Waals surface area contributed by atoms with E-state index in [-0.39, 0.29) is 0 Å². The molecule has 8 nitrogen and oxygen atoms in total. The number of carbonyl (C=O) groups excluding carboxylic acids is 1. The van der Waals surface area contributed by atoms with E-state index >= 15 is 0 Å². The lowest BCUT2D eigenvalue weighted by Gasteiger charge is -2.13. The van der Waals surface area contributed by atoms with Gasteiger partial charge in [0.1, 0.15) is 5.56 Å². The maximum absolute atomic E-state index is 12.4. The number of fused-ring (bicyclic) bond motifs is 1. The Morgan fingerprint density at radius 1 is 1.32 bits per heavy atom. The molecule has 3 heterocycles. The van der Waals surface area contributed by atoms with E-state index in [9.17, 15) is 4.79 Å². The van der Waals surface area contributed by atoms with Crippen LogP contribution in [0.1, 0.15) is 39.9 Å². The van der Waals surface area contributed by atoms with Gasteiger partial charge in [0, 0.05) is 31.0 Å². The Morgan fingerprint density at radius 2 is 2.08 bits per heavy atom. The van der Waals surface area contributed by atoms with Crippen LogP contribution in [0.25, 0.3) is 11.0 Å². The van der Waals surface area contributed by atoms with Gasteiger partial charge in [0.25, 0.3) is 0 Å². The average Bonchev–Trinajstić information content (AvgIpc) is 3.05. The second-order valence-corrected chi connectivity index (χ2v) is 5.94. The van der Waals surface area contributed by atoms with E-state index in [1.807, 2.05) is 27.8 Å². The van der Waals surface area contributed by atoms with Crippen molar-refractivity contribution < 1.29 is 9.53 Å². The van der Waals surface area contributed by atoms with Gasteiger partial charge in [0.2, 0.25) is 0 Å². The summed E-state index contributed by atoms with van der Waals surface area (Å²) >= 11 is 0. The highest BCUT2D eigenvalue weighted by Gasteiger charge is 2.21. The molecule has 0 saturated carbocycles. The van der Waals surface area contributed by atoms with Crippen molar-refractivity contribution in [2.24, 2.45) is 7.05 Å². The molecular formula is C17H22N6O2. The number of hydrogen-bond donors (Lipinski definition) is 2. The van der Waals surface area contributed by atoms with E-state index in [0.29, 0.717) is 30.0 Å². The average molecular weight is 342 g/mol. The zero-order valence-corrected chi connectivity index (χ0v) is 15.1. The van der Waals surface area contributed by atoms with Gasteiger partial charge in [-0.3, -0.25) is 9.78 Å². The van der Waals surface area contributed by atoms with Crippen LogP contribution in [0.15, 0.2) is 6.20 Å². The summed E-state index contributed by atoms with van der Waals surface area (Å²) in [7, 11) is 1.83. The predicted molar refractivity (Wildman–Crippen MR) is 94.6 cm³/mol. The summed E-state index contributed by atoms with van der Waals surface area (Å²) < 4.78 is 6.89. The van der Waals surface area contributed by atoms with Gasteiger partial charge in [-0.15, -0.1) is 0 Å². The molecule has 0 saturated heterocycles. The number of nitrogens with one attached hydrogen (secondary N) is 2. The molecule has 0 bridgehead atoms. The summed E-state index contributed by atoms with van der Waals surface area (Å²) in [5, 5.41) is 15.8. The van der Waals surface area contributed by atoms with Gasteiger partial charge >= 0.3 is 5.97 Å². The minimum Gasteiger partial charge on any atom is -0.462 e. The van der Waals surface area contributed by atoms with Crippen LogP contribution in [0, 0.1) is 20.8 Å². The predicted octanol–water partition coefficient (Wildman–Crippen LogP) is 2.41. The first kappa shape index (κ1) is 16.9. The molecule has 0 aliphatic heterocycles. The Balaban J connectivity index is 2.09. The summed E-state index contributed by atoms with van der Waals surface area (Å²) in [6.07, 6.45) is 1.54. The van der Waals surface area contributed by atoms with Crippen molar-refractivity contribution in [3.05, 3.63) is 34.4 Å². The van der Waals surface area contributed by atoms with Crippen molar-refractivity contribution in [1.82, 2.24) is 25.0 Å². The van der Waals surface area contributed by atoms with Crippen LogP contribution in [-0.4, -0.2) is 37.5 Å². The first-order valence-corrected chi connectivity index (χ1v) is 8.17. The molecule has 0 aliphatic rings. The number of hydrogen-bond acceptors (Lipinski definition) is 6. The van der Waals surface area contributed by atoms with Gasteiger partial charge in [-0.1, -0.05) is 0 Å². The highest BCUT2D eigenvalue weighted by atomic mass is 16.5. The minimum atomic E-state index is -0.400. The second-order valence-electron chi connectivity index (χ2n) is 5.94. The Labute approximate surface area is 145 Å². The zero-order chi connectivity index (χ0) is 18.1. The summed E-state index contributed by atoms with van der Waals surface area (Å²) in [5.74, 6) is -0.400. The van der Waals surface area contributed by atoms with Gasteiger partial charge in [-0.2, -0.15) is 10.2 Å². The van der Waals surface area contributed by atoms with Crippen molar-refractivity contribution in [1.29, 1.82) is 0 Å². The third kappa shape index (κ3) is 2.95. The summed E-state index contributed by atoms with van der Waals surface area (Å²) in [6, 6.07) is 0. The fraction of sp³-hybridized carbons (Fsp3) is 0.412. The molecule has 2 N–H and O–H groups in total. The number of anilines is 1. The fourth-order valence-corrected chi connectivity index (χ4v) is 2.97. The van der Waals surface area contributed by atoms with E-state index in [2.05, 4.69) is 25.6 Å². The molecule has 0 atom stereocenters. The first-order chi connectivity index (χ1) is 11.9. The van der Waals surface area contributed by atoms with Crippen LogP contribution >= 0.6 is 0 Å². The summed E-state index contributed by atoms with van der Waals surface area (Å²) in [4.78, 5) is 16.8. The Bertz CT molecular complexity index is 921. The standard InChI is InChI=1S/C17H22N6O2/c1-6-25-17(24)13-8-19-16-14(11(4)22-23(16)5)15(13)18-7-12-9(2)20-21-10(12)3/h8H,6-7H2,1-5H3,(H,18,19)(H,20,21). The van der Waals surface area contributed by atoms with Crippen molar-refractivity contribution in [3.8, 4) is 0 Å². The van der Waals surface area contributed by atoms with Crippen molar-refractivity contribution in [3.63, 3.8) is 0 Å². The van der Waals surface area contributed by atoms with Crippen LogP contribution in [-0.2, 0) is 18.3 Å². The van der Waals surface area contributed by atoms with E-state index in [1.165, 1.54) is 0 Å². The number of H-pyrrole nitrogens is 1. The molecule has 8 heteroatoms. The normalized spacial score (nSPS) is 11.1. The fourth-order valence-electron chi connectivity index (χ4n) is 2.97. The maximum Gasteiger partial charge on any atom is 0.341 e. The Hall–Kier alpha value is -2.90. The molecule has 0 spiro atoms. The number of nitrogens with zero attached hydrogens (tertiary/aromatic N) is 4.